The fourth-order valence-corrected chi connectivity index (χ4v) is 1.24. The Labute approximate surface area is 114 Å². The van der Waals surface area contributed by atoms with Gasteiger partial charge in [0.1, 0.15) is 0 Å². The summed E-state index contributed by atoms with van der Waals surface area (Å²) in [7, 11) is 0. The molecule has 0 aliphatic rings. The molecule has 0 saturated carbocycles. The van der Waals surface area contributed by atoms with Gasteiger partial charge >= 0.3 is 0 Å². The van der Waals surface area contributed by atoms with Crippen molar-refractivity contribution in [3.63, 3.8) is 0 Å². The van der Waals surface area contributed by atoms with E-state index in [2.05, 4.69) is 0 Å². The van der Waals surface area contributed by atoms with E-state index >= 15 is 0 Å². The summed E-state index contributed by atoms with van der Waals surface area (Å²) in [6.07, 6.45) is 0. The van der Waals surface area contributed by atoms with Crippen LogP contribution in [0.3, 0.4) is 0 Å². The van der Waals surface area contributed by atoms with E-state index in [4.69, 9.17) is 9.47 Å². The topological polar surface area (TPSA) is 18.5 Å². The van der Waals surface area contributed by atoms with Gasteiger partial charge in [0, 0.05) is 29.4 Å². The third kappa shape index (κ3) is 6.88. The van der Waals surface area contributed by atoms with Crippen molar-refractivity contribution >= 4 is 0 Å². The Kier molecular flexibility index (Phi) is 9.31. The van der Waals surface area contributed by atoms with Gasteiger partial charge in [0.05, 0.1) is 6.61 Å². The first kappa shape index (κ1) is 15.8. The van der Waals surface area contributed by atoms with E-state index in [1.807, 2.05) is 62.4 Å². The Morgan fingerprint density at radius 2 is 1.47 bits per heavy atom. The molecule has 2 aromatic carbocycles. The second-order valence-corrected chi connectivity index (χ2v) is 3.11. The molecule has 0 spiro atoms. The van der Waals surface area contributed by atoms with Gasteiger partial charge < -0.3 is 39.5 Å². The molecule has 0 fully saturated rings. The summed E-state index contributed by atoms with van der Waals surface area (Å²) in [5.74, 6) is 1.93. The smallest absolute Gasteiger partial charge is 0.0686 e. The van der Waals surface area contributed by atoms with Crippen molar-refractivity contribution in [1.82, 2.24) is 0 Å². The summed E-state index contributed by atoms with van der Waals surface area (Å²) in [6.45, 7) is 5.47. The van der Waals surface area contributed by atoms with E-state index in [-0.39, 0.29) is 17.1 Å². The third-order valence-corrected chi connectivity index (χ3v) is 1.89. The largest absolute Gasteiger partial charge is 0.745 e. The van der Waals surface area contributed by atoms with Crippen LogP contribution < -0.4 is 9.47 Å². The molecule has 0 N–H and O–H groups in total. The predicted octanol–water partition coefficient (Wildman–Crippen LogP) is 3.61. The minimum Gasteiger partial charge on any atom is -0.745 e. The van der Waals surface area contributed by atoms with E-state index in [0.29, 0.717) is 0 Å². The molecule has 0 amide bonds. The normalized spacial score (nSPS) is 8.59. The molecule has 100 valence electrons. The standard InChI is InChI=1S/2C7H9O.Fe/c2*1-2-8-7-5-3-4-6-7;/h2*3-6H,2H2,1H3;/q-5;-1;. The van der Waals surface area contributed by atoms with Crippen LogP contribution in [0.2, 0.25) is 0 Å². The summed E-state index contributed by atoms with van der Waals surface area (Å²) in [4.78, 5) is 0. The maximum Gasteiger partial charge on any atom is 0.0686 e. The fourth-order valence-electron chi connectivity index (χ4n) is 1.24. The van der Waals surface area contributed by atoms with Crippen molar-refractivity contribution < 1.29 is 26.5 Å². The molecule has 0 bridgehead atoms. The quantitative estimate of drug-likeness (QED) is 0.626. The maximum absolute atomic E-state index is 5.15. The van der Waals surface area contributed by atoms with Crippen LogP contribution in [0.15, 0.2) is 48.5 Å². The zero-order chi connectivity index (χ0) is 11.6. The minimum absolute atomic E-state index is 0. The molecule has 2 rings (SSSR count). The van der Waals surface area contributed by atoms with Gasteiger partial charge in [-0.3, -0.25) is 0 Å². The van der Waals surface area contributed by atoms with Crippen molar-refractivity contribution in [3.8, 4) is 11.5 Å². The first-order chi connectivity index (χ1) is 7.86. The summed E-state index contributed by atoms with van der Waals surface area (Å²) in [6, 6.07) is 15.6. The van der Waals surface area contributed by atoms with Crippen LogP contribution >= 0.6 is 0 Å². The Hall–Kier alpha value is -1.18. The SMILES string of the molecule is CCO[c-]1[cH-][cH-][cH-][cH-]1.CCO[c-]1cccc1.[Fe]. The Morgan fingerprint density at radius 3 is 1.94 bits per heavy atom. The maximum atomic E-state index is 5.15. The van der Waals surface area contributed by atoms with Crippen molar-refractivity contribution in [2.75, 3.05) is 13.2 Å². The molecule has 2 nitrogen and oxygen atoms in total. The summed E-state index contributed by atoms with van der Waals surface area (Å²) < 4.78 is 10.3. The van der Waals surface area contributed by atoms with Crippen LogP contribution in [0.4, 0.5) is 0 Å². The average molecular weight is 274 g/mol. The zero-order valence-electron chi connectivity index (χ0n) is 10.2. The number of rotatable bonds is 4. The second-order valence-electron chi connectivity index (χ2n) is 3.11. The van der Waals surface area contributed by atoms with Gasteiger partial charge in [-0.1, -0.05) is 0 Å². The van der Waals surface area contributed by atoms with Gasteiger partial charge in [-0.05, 0) is 13.8 Å². The van der Waals surface area contributed by atoms with Crippen LogP contribution in [0.25, 0.3) is 0 Å². The molecular weight excluding hydrogens is 256 g/mol. The molecular formula is C14H18FeO2-6. The monoisotopic (exact) mass is 274 g/mol. The molecule has 0 saturated heterocycles. The van der Waals surface area contributed by atoms with E-state index < -0.39 is 0 Å². The van der Waals surface area contributed by atoms with Crippen molar-refractivity contribution in [2.24, 2.45) is 0 Å². The van der Waals surface area contributed by atoms with Crippen molar-refractivity contribution in [1.29, 1.82) is 0 Å². The second kappa shape index (κ2) is 10.0. The first-order valence-corrected chi connectivity index (χ1v) is 5.55. The Bertz CT molecular complexity index is 302. The van der Waals surface area contributed by atoms with E-state index in [9.17, 15) is 0 Å². The van der Waals surface area contributed by atoms with E-state index in [1.54, 1.807) is 0 Å². The van der Waals surface area contributed by atoms with Gasteiger partial charge in [0.25, 0.3) is 0 Å². The molecule has 3 heteroatoms. The molecule has 0 radical (unpaired) electrons. The molecule has 0 unspecified atom stereocenters. The van der Waals surface area contributed by atoms with Crippen LogP contribution in [-0.4, -0.2) is 13.2 Å². The Balaban J connectivity index is 0.000000284. The number of hydrogen-bond donors (Lipinski definition) is 0. The minimum atomic E-state index is 0. The number of hydrogen-bond acceptors (Lipinski definition) is 2. The first-order valence-electron chi connectivity index (χ1n) is 5.55. The molecule has 0 heterocycles. The van der Waals surface area contributed by atoms with Crippen LogP contribution in [-0.2, 0) is 17.1 Å². The average Bonchev–Trinajstić information content (AvgIpc) is 2.92. The predicted molar refractivity (Wildman–Crippen MR) is 66.4 cm³/mol. The van der Waals surface area contributed by atoms with Crippen molar-refractivity contribution in [2.45, 2.75) is 13.8 Å². The summed E-state index contributed by atoms with van der Waals surface area (Å²) in [5, 5.41) is 0. The molecule has 0 aliphatic carbocycles. The van der Waals surface area contributed by atoms with E-state index in [0.717, 1.165) is 24.7 Å². The number of ether oxygens (including phenoxy) is 2. The fraction of sp³-hybridized carbons (Fsp3) is 0.286. The molecule has 0 atom stereocenters. The van der Waals surface area contributed by atoms with Crippen molar-refractivity contribution in [3.05, 3.63) is 48.5 Å². The van der Waals surface area contributed by atoms with Crippen LogP contribution in [0.1, 0.15) is 13.8 Å². The third-order valence-electron chi connectivity index (χ3n) is 1.89. The molecule has 0 aliphatic heterocycles. The zero-order valence-corrected chi connectivity index (χ0v) is 11.3. The van der Waals surface area contributed by atoms with Gasteiger partial charge in [0.2, 0.25) is 0 Å². The van der Waals surface area contributed by atoms with Crippen LogP contribution in [0.5, 0.6) is 11.5 Å². The Morgan fingerprint density at radius 1 is 0.941 bits per heavy atom. The van der Waals surface area contributed by atoms with E-state index in [1.165, 1.54) is 0 Å². The molecule has 17 heavy (non-hydrogen) atoms. The van der Waals surface area contributed by atoms with Crippen LogP contribution in [0, 0.1) is 0 Å². The van der Waals surface area contributed by atoms with Gasteiger partial charge in [-0.2, -0.15) is 0 Å². The van der Waals surface area contributed by atoms with Gasteiger partial charge in [-0.25, -0.2) is 12.1 Å². The van der Waals surface area contributed by atoms with Gasteiger partial charge in [-0.15, -0.1) is 12.1 Å². The summed E-state index contributed by atoms with van der Waals surface area (Å²) >= 11 is 0. The molecule has 2 aromatic rings. The summed E-state index contributed by atoms with van der Waals surface area (Å²) in [5.41, 5.74) is 0. The van der Waals surface area contributed by atoms with Gasteiger partial charge in [0.15, 0.2) is 0 Å². The molecule has 0 aromatic heterocycles.